The summed E-state index contributed by atoms with van der Waals surface area (Å²) in [6.07, 6.45) is -1.27. The van der Waals surface area contributed by atoms with Crippen LogP contribution in [0.2, 0.25) is 5.02 Å². The molecule has 1 heterocycles. The van der Waals surface area contributed by atoms with Gasteiger partial charge in [0.05, 0.1) is 6.10 Å². The average Bonchev–Trinajstić information content (AvgIpc) is 2.34. The van der Waals surface area contributed by atoms with E-state index in [0.717, 1.165) is 9.80 Å². The molecule has 1 saturated heterocycles. The summed E-state index contributed by atoms with van der Waals surface area (Å²) < 4.78 is 0. The molecule has 1 aliphatic heterocycles. The van der Waals surface area contributed by atoms with Gasteiger partial charge >= 0.3 is 0 Å². The van der Waals surface area contributed by atoms with Crippen molar-refractivity contribution in [2.24, 2.45) is 0 Å². The van der Waals surface area contributed by atoms with Gasteiger partial charge in [0, 0.05) is 28.3 Å². The standard InChI is InChI=1S/C12H14ClNO3S/c13-8-1-3-9(4-2-8)18-11-5-6-14(12(16)17)7-10(11)15/h1-4,10-11,15H,5-7H2,(H,16,17)/p-1. The summed E-state index contributed by atoms with van der Waals surface area (Å²) in [4.78, 5) is 12.8. The first kappa shape index (κ1) is 13.5. The number of piperidine rings is 1. The predicted molar refractivity (Wildman–Crippen MR) is 68.7 cm³/mol. The Morgan fingerprint density at radius 1 is 1.44 bits per heavy atom. The maximum absolute atomic E-state index is 10.7. The van der Waals surface area contributed by atoms with E-state index in [1.165, 1.54) is 0 Å². The molecule has 1 fully saturated rings. The fourth-order valence-electron chi connectivity index (χ4n) is 1.90. The molecule has 6 heteroatoms. The fraction of sp³-hybridized carbons (Fsp3) is 0.417. The highest BCUT2D eigenvalue weighted by molar-refractivity contribution is 8.00. The lowest BCUT2D eigenvalue weighted by Crippen LogP contribution is -2.52. The molecule has 0 spiro atoms. The van der Waals surface area contributed by atoms with Crippen molar-refractivity contribution in [3.63, 3.8) is 0 Å². The highest BCUT2D eigenvalue weighted by atomic mass is 35.5. The number of likely N-dealkylation sites (tertiary alicyclic amines) is 1. The maximum atomic E-state index is 10.7. The molecular weight excluding hydrogens is 274 g/mol. The minimum atomic E-state index is -1.22. The SMILES string of the molecule is O=C([O-])N1CCC(Sc2ccc(Cl)cc2)C(O)C1. The first-order valence-corrected chi connectivity index (χ1v) is 6.88. The molecule has 4 nitrogen and oxygen atoms in total. The van der Waals surface area contributed by atoms with E-state index in [9.17, 15) is 15.0 Å². The average molecular weight is 287 g/mol. The number of benzene rings is 1. The molecule has 2 atom stereocenters. The lowest BCUT2D eigenvalue weighted by Gasteiger charge is -2.37. The van der Waals surface area contributed by atoms with Crippen LogP contribution in [0.15, 0.2) is 29.2 Å². The van der Waals surface area contributed by atoms with Crippen molar-refractivity contribution in [1.29, 1.82) is 0 Å². The van der Waals surface area contributed by atoms with E-state index in [1.54, 1.807) is 23.9 Å². The number of aliphatic hydroxyl groups is 1. The van der Waals surface area contributed by atoms with Crippen LogP contribution in [0, 0.1) is 0 Å². The number of β-amino-alcohol motifs (C(OH)–C–C–N with tert-alkyl or cyclic N) is 1. The molecule has 2 unspecified atom stereocenters. The number of carbonyl (C=O) groups is 1. The van der Waals surface area contributed by atoms with Crippen LogP contribution in [-0.2, 0) is 0 Å². The van der Waals surface area contributed by atoms with Gasteiger partial charge in [-0.05, 0) is 30.7 Å². The second-order valence-corrected chi connectivity index (χ2v) is 5.93. The van der Waals surface area contributed by atoms with E-state index >= 15 is 0 Å². The maximum Gasteiger partial charge on any atom is 0.137 e. The Kier molecular flexibility index (Phi) is 4.37. The van der Waals surface area contributed by atoms with Gasteiger partial charge in [-0.25, -0.2) is 0 Å². The number of amides is 1. The topological polar surface area (TPSA) is 63.6 Å². The number of thioether (sulfide) groups is 1. The van der Waals surface area contributed by atoms with Gasteiger partial charge in [-0.1, -0.05) is 11.6 Å². The summed E-state index contributed by atoms with van der Waals surface area (Å²) in [5.74, 6) is 0. The van der Waals surface area contributed by atoms with Crippen LogP contribution < -0.4 is 5.11 Å². The lowest BCUT2D eigenvalue weighted by molar-refractivity contribution is -0.267. The van der Waals surface area contributed by atoms with Crippen LogP contribution in [0.25, 0.3) is 0 Å². The summed E-state index contributed by atoms with van der Waals surface area (Å²) in [7, 11) is 0. The second kappa shape index (κ2) is 5.82. The normalized spacial score (nSPS) is 24.0. The largest absolute Gasteiger partial charge is 0.530 e. The minimum Gasteiger partial charge on any atom is -0.530 e. The molecule has 18 heavy (non-hydrogen) atoms. The summed E-state index contributed by atoms with van der Waals surface area (Å²) in [5, 5.41) is 21.3. The van der Waals surface area contributed by atoms with Gasteiger partial charge < -0.3 is 19.9 Å². The van der Waals surface area contributed by atoms with Crippen LogP contribution in [0.3, 0.4) is 0 Å². The Labute approximate surface area is 115 Å². The monoisotopic (exact) mass is 286 g/mol. The molecular formula is C12H13ClNO3S-. The summed E-state index contributed by atoms with van der Waals surface area (Å²) in [6.45, 7) is 0.526. The summed E-state index contributed by atoms with van der Waals surface area (Å²) >= 11 is 7.35. The Balaban J connectivity index is 1.95. The van der Waals surface area contributed by atoms with Crippen LogP contribution in [0.5, 0.6) is 0 Å². The van der Waals surface area contributed by atoms with Gasteiger partial charge in [0.15, 0.2) is 0 Å². The van der Waals surface area contributed by atoms with E-state index in [-0.39, 0.29) is 11.8 Å². The Bertz CT molecular complexity index is 426. The van der Waals surface area contributed by atoms with Crippen molar-refractivity contribution >= 4 is 29.5 Å². The van der Waals surface area contributed by atoms with E-state index in [2.05, 4.69) is 0 Å². The van der Waals surface area contributed by atoms with E-state index < -0.39 is 12.2 Å². The lowest BCUT2D eigenvalue weighted by atomic mass is 10.1. The number of hydrogen-bond donors (Lipinski definition) is 1. The van der Waals surface area contributed by atoms with Gasteiger partial charge in [0.1, 0.15) is 6.09 Å². The molecule has 98 valence electrons. The van der Waals surface area contributed by atoms with Gasteiger partial charge in [0.2, 0.25) is 0 Å². The third-order valence-corrected chi connectivity index (χ3v) is 4.53. The number of carboxylic acid groups (broad SMARTS) is 1. The number of halogens is 1. The van der Waals surface area contributed by atoms with Crippen LogP contribution in [-0.4, -0.2) is 40.5 Å². The van der Waals surface area contributed by atoms with E-state index in [4.69, 9.17) is 11.6 Å². The zero-order valence-electron chi connectivity index (χ0n) is 9.58. The molecule has 2 rings (SSSR count). The Morgan fingerprint density at radius 2 is 2.11 bits per heavy atom. The van der Waals surface area contributed by atoms with Gasteiger partial charge in [-0.15, -0.1) is 11.8 Å². The minimum absolute atomic E-state index is 0.00164. The molecule has 0 bridgehead atoms. The molecule has 0 radical (unpaired) electrons. The van der Waals surface area contributed by atoms with Crippen molar-refractivity contribution in [3.05, 3.63) is 29.3 Å². The van der Waals surface area contributed by atoms with Crippen molar-refractivity contribution in [2.45, 2.75) is 22.7 Å². The fourth-order valence-corrected chi connectivity index (χ4v) is 3.14. The molecule has 1 amide bonds. The Morgan fingerprint density at radius 3 is 2.67 bits per heavy atom. The Hall–Kier alpha value is -0.910. The first-order valence-electron chi connectivity index (χ1n) is 5.62. The van der Waals surface area contributed by atoms with Crippen molar-refractivity contribution in [1.82, 2.24) is 4.90 Å². The number of rotatable bonds is 2. The first-order chi connectivity index (χ1) is 8.56. The summed E-state index contributed by atoms with van der Waals surface area (Å²) in [6, 6.07) is 7.38. The second-order valence-electron chi connectivity index (χ2n) is 4.18. The van der Waals surface area contributed by atoms with Gasteiger partial charge in [-0.3, -0.25) is 0 Å². The molecule has 1 aromatic rings. The molecule has 1 aromatic carbocycles. The van der Waals surface area contributed by atoms with Crippen molar-refractivity contribution in [3.8, 4) is 0 Å². The van der Waals surface area contributed by atoms with E-state index in [1.807, 2.05) is 12.1 Å². The van der Waals surface area contributed by atoms with Crippen LogP contribution in [0.4, 0.5) is 4.79 Å². The number of hydrogen-bond acceptors (Lipinski definition) is 4. The quantitative estimate of drug-likeness (QED) is 0.888. The molecule has 0 aliphatic carbocycles. The van der Waals surface area contributed by atoms with Crippen molar-refractivity contribution in [2.75, 3.05) is 13.1 Å². The predicted octanol–water partition coefficient (Wildman–Crippen LogP) is 1.21. The third-order valence-electron chi connectivity index (χ3n) is 2.88. The van der Waals surface area contributed by atoms with E-state index in [0.29, 0.717) is 18.0 Å². The molecule has 1 N–H and O–H groups in total. The third kappa shape index (κ3) is 3.31. The number of carbonyl (C=O) groups excluding carboxylic acids is 1. The molecule has 0 saturated carbocycles. The highest BCUT2D eigenvalue weighted by Gasteiger charge is 2.28. The molecule has 0 aromatic heterocycles. The highest BCUT2D eigenvalue weighted by Crippen LogP contribution is 2.31. The molecule has 1 aliphatic rings. The zero-order chi connectivity index (χ0) is 13.1. The van der Waals surface area contributed by atoms with Crippen molar-refractivity contribution < 1.29 is 15.0 Å². The summed E-state index contributed by atoms with van der Waals surface area (Å²) in [5.41, 5.74) is 0. The number of aliphatic hydroxyl groups excluding tert-OH is 1. The zero-order valence-corrected chi connectivity index (χ0v) is 11.2. The van der Waals surface area contributed by atoms with Gasteiger partial charge in [0.25, 0.3) is 0 Å². The smallest absolute Gasteiger partial charge is 0.137 e. The van der Waals surface area contributed by atoms with Gasteiger partial charge in [-0.2, -0.15) is 0 Å². The van der Waals surface area contributed by atoms with Crippen LogP contribution in [0.1, 0.15) is 6.42 Å². The number of nitrogens with zero attached hydrogens (tertiary/aromatic N) is 1. The van der Waals surface area contributed by atoms with Crippen LogP contribution >= 0.6 is 23.4 Å².